The fourth-order valence-electron chi connectivity index (χ4n) is 2.84. The summed E-state index contributed by atoms with van der Waals surface area (Å²) in [4.78, 5) is 7.02. The molecule has 0 bridgehead atoms. The second-order valence-electron chi connectivity index (χ2n) is 7.15. The summed E-state index contributed by atoms with van der Waals surface area (Å²) in [6.07, 6.45) is 1.60. The molecule has 0 spiro atoms. The van der Waals surface area contributed by atoms with Crippen LogP contribution in [0.4, 0.5) is 0 Å². The molecule has 1 heterocycles. The van der Waals surface area contributed by atoms with Gasteiger partial charge in [0.25, 0.3) is 0 Å². The Morgan fingerprint density at radius 2 is 1.96 bits per heavy atom. The summed E-state index contributed by atoms with van der Waals surface area (Å²) >= 11 is 0. The lowest BCUT2D eigenvalue weighted by molar-refractivity contribution is -0.0284. The Morgan fingerprint density at radius 1 is 1.28 bits per heavy atom. The molecule has 25 heavy (non-hydrogen) atoms. The highest BCUT2D eigenvalue weighted by Gasteiger charge is 2.23. The fraction of sp³-hybridized carbons (Fsp3) is 0.944. The molecule has 0 aromatic heterocycles. The summed E-state index contributed by atoms with van der Waals surface area (Å²) in [5, 5.41) is 17.0. The maximum absolute atomic E-state index is 10.4. The molecular formula is C18H39IN4O2. The quantitative estimate of drug-likeness (QED) is 0.274. The number of aliphatic hydroxyl groups is 1. The summed E-state index contributed by atoms with van der Waals surface area (Å²) in [6.45, 7) is 16.4. The Kier molecular flexibility index (Phi) is 13.0. The van der Waals surface area contributed by atoms with Gasteiger partial charge in [-0.2, -0.15) is 0 Å². The first-order chi connectivity index (χ1) is 11.4. The molecule has 1 rings (SSSR count). The van der Waals surface area contributed by atoms with Gasteiger partial charge in [0.2, 0.25) is 0 Å². The standard InChI is InChI=1S/C18H38N4O2.HI/c1-6-18(23,7-2)14-21-17(19-8-3)20-11-16-13-22(9-10-24-16)12-15(4)5;/h15-16,23H,6-14H2,1-5H3,(H2,19,20,21);1H. The van der Waals surface area contributed by atoms with E-state index in [1.54, 1.807) is 0 Å². The van der Waals surface area contributed by atoms with Gasteiger partial charge in [0.1, 0.15) is 0 Å². The van der Waals surface area contributed by atoms with Crippen molar-refractivity contribution >= 4 is 29.9 Å². The predicted octanol–water partition coefficient (Wildman–Crippen LogP) is 2.07. The summed E-state index contributed by atoms with van der Waals surface area (Å²) in [5.41, 5.74) is -0.711. The van der Waals surface area contributed by atoms with Crippen LogP contribution in [0.1, 0.15) is 47.5 Å². The second-order valence-corrected chi connectivity index (χ2v) is 7.15. The van der Waals surface area contributed by atoms with E-state index >= 15 is 0 Å². The Balaban J connectivity index is 0.00000576. The van der Waals surface area contributed by atoms with E-state index in [0.29, 0.717) is 25.3 Å². The van der Waals surface area contributed by atoms with Gasteiger partial charge < -0.3 is 20.5 Å². The van der Waals surface area contributed by atoms with Crippen LogP contribution in [-0.4, -0.2) is 73.5 Å². The van der Waals surface area contributed by atoms with Gasteiger partial charge in [0.05, 0.1) is 24.9 Å². The molecule has 1 aliphatic heterocycles. The first-order valence-corrected chi connectivity index (χ1v) is 9.51. The smallest absolute Gasteiger partial charge is 0.191 e. The van der Waals surface area contributed by atoms with E-state index in [2.05, 4.69) is 34.4 Å². The van der Waals surface area contributed by atoms with E-state index in [1.807, 2.05) is 20.8 Å². The summed E-state index contributed by atoms with van der Waals surface area (Å²) in [5.74, 6) is 1.43. The van der Waals surface area contributed by atoms with Gasteiger partial charge in [-0.25, -0.2) is 0 Å². The number of hydrogen-bond donors (Lipinski definition) is 3. The molecule has 7 heteroatoms. The first-order valence-electron chi connectivity index (χ1n) is 9.51. The SMILES string of the molecule is CCNC(=NCC(O)(CC)CC)NCC1CN(CC(C)C)CCO1.I. The van der Waals surface area contributed by atoms with Crippen molar-refractivity contribution in [2.24, 2.45) is 10.9 Å². The number of morpholine rings is 1. The summed E-state index contributed by atoms with van der Waals surface area (Å²) in [7, 11) is 0. The molecular weight excluding hydrogens is 431 g/mol. The van der Waals surface area contributed by atoms with Crippen LogP contribution in [0.5, 0.6) is 0 Å². The first kappa shape index (κ1) is 24.9. The van der Waals surface area contributed by atoms with E-state index in [-0.39, 0.29) is 30.1 Å². The Labute approximate surface area is 171 Å². The monoisotopic (exact) mass is 470 g/mol. The Bertz CT molecular complexity index is 376. The summed E-state index contributed by atoms with van der Waals surface area (Å²) < 4.78 is 5.87. The van der Waals surface area contributed by atoms with Crippen LogP contribution in [0.15, 0.2) is 4.99 Å². The molecule has 1 unspecified atom stereocenters. The molecule has 6 nitrogen and oxygen atoms in total. The van der Waals surface area contributed by atoms with Gasteiger partial charge in [-0.05, 0) is 25.7 Å². The molecule has 0 amide bonds. The zero-order valence-corrected chi connectivity index (χ0v) is 19.0. The van der Waals surface area contributed by atoms with E-state index in [4.69, 9.17) is 4.74 Å². The van der Waals surface area contributed by atoms with E-state index in [9.17, 15) is 5.11 Å². The van der Waals surface area contributed by atoms with E-state index in [1.165, 1.54) is 0 Å². The number of halogens is 1. The molecule has 1 fully saturated rings. The number of guanidine groups is 1. The lowest BCUT2D eigenvalue weighted by atomic mass is 9.98. The highest BCUT2D eigenvalue weighted by molar-refractivity contribution is 14.0. The molecule has 0 aromatic carbocycles. The number of rotatable bonds is 9. The van der Waals surface area contributed by atoms with Gasteiger partial charge >= 0.3 is 0 Å². The number of hydrogen-bond acceptors (Lipinski definition) is 4. The zero-order chi connectivity index (χ0) is 18.0. The van der Waals surface area contributed by atoms with Crippen LogP contribution < -0.4 is 10.6 Å². The van der Waals surface area contributed by atoms with Crippen molar-refractivity contribution in [3.8, 4) is 0 Å². The maximum atomic E-state index is 10.4. The third-order valence-corrected chi connectivity index (χ3v) is 4.54. The number of ether oxygens (including phenoxy) is 1. The largest absolute Gasteiger partial charge is 0.388 e. The minimum atomic E-state index is -0.711. The Hall–Kier alpha value is -0.120. The van der Waals surface area contributed by atoms with Crippen molar-refractivity contribution in [2.75, 3.05) is 45.9 Å². The second kappa shape index (κ2) is 13.1. The Morgan fingerprint density at radius 3 is 2.52 bits per heavy atom. The minimum absolute atomic E-state index is 0. The maximum Gasteiger partial charge on any atom is 0.191 e. The van der Waals surface area contributed by atoms with Gasteiger partial charge in [0.15, 0.2) is 5.96 Å². The number of nitrogens with zero attached hydrogens (tertiary/aromatic N) is 2. The van der Waals surface area contributed by atoms with Crippen LogP contribution in [0.25, 0.3) is 0 Å². The molecule has 3 N–H and O–H groups in total. The van der Waals surface area contributed by atoms with Crippen LogP contribution in [0, 0.1) is 5.92 Å². The third kappa shape index (κ3) is 9.96. The van der Waals surface area contributed by atoms with Gasteiger partial charge in [0, 0.05) is 32.7 Å². The van der Waals surface area contributed by atoms with Crippen molar-refractivity contribution in [2.45, 2.75) is 59.2 Å². The normalized spacial score (nSPS) is 19.6. The average Bonchev–Trinajstić information content (AvgIpc) is 2.57. The molecule has 0 aromatic rings. The molecule has 0 saturated carbocycles. The molecule has 1 atom stereocenters. The third-order valence-electron chi connectivity index (χ3n) is 4.54. The topological polar surface area (TPSA) is 69.1 Å². The van der Waals surface area contributed by atoms with E-state index in [0.717, 1.165) is 45.3 Å². The van der Waals surface area contributed by atoms with Crippen molar-refractivity contribution in [1.82, 2.24) is 15.5 Å². The van der Waals surface area contributed by atoms with Crippen molar-refractivity contribution in [1.29, 1.82) is 0 Å². The number of nitrogens with one attached hydrogen (secondary N) is 2. The highest BCUT2D eigenvalue weighted by atomic mass is 127. The highest BCUT2D eigenvalue weighted by Crippen LogP contribution is 2.14. The summed E-state index contributed by atoms with van der Waals surface area (Å²) in [6, 6.07) is 0. The van der Waals surface area contributed by atoms with E-state index < -0.39 is 5.60 Å². The molecule has 150 valence electrons. The van der Waals surface area contributed by atoms with Gasteiger partial charge in [-0.3, -0.25) is 9.89 Å². The predicted molar refractivity (Wildman–Crippen MR) is 116 cm³/mol. The lowest BCUT2D eigenvalue weighted by Crippen LogP contribution is -2.50. The van der Waals surface area contributed by atoms with Crippen LogP contribution in [0.3, 0.4) is 0 Å². The lowest BCUT2D eigenvalue weighted by Gasteiger charge is -2.34. The van der Waals surface area contributed by atoms with Crippen molar-refractivity contribution < 1.29 is 9.84 Å². The fourth-order valence-corrected chi connectivity index (χ4v) is 2.84. The van der Waals surface area contributed by atoms with Crippen LogP contribution >= 0.6 is 24.0 Å². The van der Waals surface area contributed by atoms with Gasteiger partial charge in [-0.1, -0.05) is 27.7 Å². The molecule has 0 aliphatic carbocycles. The average molecular weight is 470 g/mol. The van der Waals surface area contributed by atoms with Crippen LogP contribution in [-0.2, 0) is 4.74 Å². The van der Waals surface area contributed by atoms with Gasteiger partial charge in [-0.15, -0.1) is 24.0 Å². The molecule has 1 saturated heterocycles. The molecule has 1 aliphatic rings. The van der Waals surface area contributed by atoms with Crippen LogP contribution in [0.2, 0.25) is 0 Å². The zero-order valence-electron chi connectivity index (χ0n) is 16.7. The number of aliphatic imine (C=N–C) groups is 1. The van der Waals surface area contributed by atoms with Crippen molar-refractivity contribution in [3.05, 3.63) is 0 Å². The molecule has 0 radical (unpaired) electrons. The van der Waals surface area contributed by atoms with Crippen molar-refractivity contribution in [3.63, 3.8) is 0 Å². The minimum Gasteiger partial charge on any atom is -0.388 e.